The summed E-state index contributed by atoms with van der Waals surface area (Å²) in [7, 11) is 0. The van der Waals surface area contributed by atoms with Gasteiger partial charge < -0.3 is 10.5 Å². The van der Waals surface area contributed by atoms with Crippen molar-refractivity contribution < 1.29 is 9.13 Å². The minimum atomic E-state index is -0.328. The van der Waals surface area contributed by atoms with Crippen molar-refractivity contribution in [2.24, 2.45) is 5.73 Å². The van der Waals surface area contributed by atoms with Gasteiger partial charge in [0.25, 0.3) is 0 Å². The van der Waals surface area contributed by atoms with Gasteiger partial charge in [0.15, 0.2) is 11.6 Å². The summed E-state index contributed by atoms with van der Waals surface area (Å²) in [5.74, 6) is -0.00759. The van der Waals surface area contributed by atoms with Crippen molar-refractivity contribution in [1.29, 1.82) is 0 Å². The van der Waals surface area contributed by atoms with Crippen molar-refractivity contribution >= 4 is 0 Å². The van der Waals surface area contributed by atoms with Gasteiger partial charge >= 0.3 is 0 Å². The predicted octanol–water partition coefficient (Wildman–Crippen LogP) is 3.41. The van der Waals surface area contributed by atoms with Gasteiger partial charge in [-0.25, -0.2) is 4.39 Å². The lowest BCUT2D eigenvalue weighted by Gasteiger charge is -2.10. The Kier molecular flexibility index (Phi) is 5.26. The van der Waals surface area contributed by atoms with E-state index < -0.39 is 0 Å². The summed E-state index contributed by atoms with van der Waals surface area (Å²) < 4.78 is 18.9. The summed E-state index contributed by atoms with van der Waals surface area (Å²) in [5.41, 5.74) is 6.46. The van der Waals surface area contributed by atoms with Gasteiger partial charge in [-0.2, -0.15) is 0 Å². The second kappa shape index (κ2) is 6.48. The zero-order chi connectivity index (χ0) is 12.0. The van der Waals surface area contributed by atoms with E-state index in [0.717, 1.165) is 24.8 Å². The van der Waals surface area contributed by atoms with Gasteiger partial charge in [-0.15, -0.1) is 0 Å². The number of nitrogens with two attached hydrogens (primary N) is 1. The normalized spacial score (nSPS) is 12.5. The highest BCUT2D eigenvalue weighted by Gasteiger charge is 2.06. The van der Waals surface area contributed by atoms with Crippen LogP contribution >= 0.6 is 0 Å². The minimum Gasteiger partial charge on any atom is -0.491 e. The molecule has 0 unspecified atom stereocenters. The quantitative estimate of drug-likeness (QED) is 0.753. The van der Waals surface area contributed by atoms with Crippen LogP contribution in [0.1, 0.15) is 44.7 Å². The number of benzene rings is 1. The first kappa shape index (κ1) is 13.0. The summed E-state index contributed by atoms with van der Waals surface area (Å²) >= 11 is 0. The molecule has 0 aliphatic rings. The van der Waals surface area contributed by atoms with E-state index in [9.17, 15) is 4.39 Å². The molecule has 0 spiro atoms. The number of unbranched alkanes of at least 4 members (excludes halogenated alkanes) is 2. The molecule has 0 aromatic heterocycles. The highest BCUT2D eigenvalue weighted by Crippen LogP contribution is 2.21. The third-order valence-corrected chi connectivity index (χ3v) is 2.49. The number of ether oxygens (including phenoxy) is 1. The Labute approximate surface area is 96.6 Å². The Morgan fingerprint density at radius 2 is 2.12 bits per heavy atom. The Morgan fingerprint density at radius 1 is 1.38 bits per heavy atom. The molecule has 0 saturated heterocycles. The molecule has 0 radical (unpaired) electrons. The molecule has 0 fully saturated rings. The van der Waals surface area contributed by atoms with Crippen LogP contribution in [0.25, 0.3) is 0 Å². The highest BCUT2D eigenvalue weighted by molar-refractivity contribution is 5.30. The summed E-state index contributed by atoms with van der Waals surface area (Å²) in [4.78, 5) is 0. The monoisotopic (exact) mass is 225 g/mol. The van der Waals surface area contributed by atoms with Crippen molar-refractivity contribution in [1.82, 2.24) is 0 Å². The Bertz CT molecular complexity index is 326. The molecule has 0 saturated carbocycles. The predicted molar refractivity (Wildman–Crippen MR) is 64.0 cm³/mol. The number of halogens is 1. The lowest BCUT2D eigenvalue weighted by atomic mass is 10.1. The summed E-state index contributed by atoms with van der Waals surface area (Å²) in [5, 5.41) is 0. The lowest BCUT2D eigenvalue weighted by Crippen LogP contribution is -2.06. The Balaban J connectivity index is 2.54. The second-order valence-corrected chi connectivity index (χ2v) is 4.03. The molecule has 1 atom stereocenters. The van der Waals surface area contributed by atoms with Crippen LogP contribution in [0.4, 0.5) is 4.39 Å². The number of hydrogen-bond donors (Lipinski definition) is 1. The van der Waals surface area contributed by atoms with E-state index in [1.165, 1.54) is 6.07 Å². The van der Waals surface area contributed by atoms with Gasteiger partial charge in [0.2, 0.25) is 0 Å². The van der Waals surface area contributed by atoms with Gasteiger partial charge in [0.05, 0.1) is 6.61 Å². The smallest absolute Gasteiger partial charge is 0.165 e. The van der Waals surface area contributed by atoms with Crippen LogP contribution in [0.5, 0.6) is 5.75 Å². The number of hydrogen-bond acceptors (Lipinski definition) is 2. The van der Waals surface area contributed by atoms with Crippen LogP contribution in [-0.2, 0) is 0 Å². The molecule has 1 aromatic carbocycles. The molecule has 0 aliphatic carbocycles. The van der Waals surface area contributed by atoms with Crippen molar-refractivity contribution in [3.63, 3.8) is 0 Å². The largest absolute Gasteiger partial charge is 0.491 e. The fourth-order valence-corrected chi connectivity index (χ4v) is 1.45. The van der Waals surface area contributed by atoms with Crippen LogP contribution in [-0.4, -0.2) is 6.61 Å². The van der Waals surface area contributed by atoms with Crippen molar-refractivity contribution in [3.8, 4) is 5.75 Å². The van der Waals surface area contributed by atoms with Crippen LogP contribution in [0.15, 0.2) is 18.2 Å². The molecular formula is C13H20FNO. The molecule has 0 aliphatic heterocycles. The second-order valence-electron chi connectivity index (χ2n) is 4.03. The van der Waals surface area contributed by atoms with Crippen LogP contribution < -0.4 is 10.5 Å². The first-order valence-corrected chi connectivity index (χ1v) is 5.83. The number of rotatable bonds is 6. The van der Waals surface area contributed by atoms with Gasteiger partial charge in [-0.05, 0) is 31.0 Å². The lowest BCUT2D eigenvalue weighted by molar-refractivity contribution is 0.291. The zero-order valence-electron chi connectivity index (χ0n) is 10.0. The fourth-order valence-electron chi connectivity index (χ4n) is 1.45. The van der Waals surface area contributed by atoms with Gasteiger partial charge in [0.1, 0.15) is 0 Å². The van der Waals surface area contributed by atoms with E-state index in [-0.39, 0.29) is 11.9 Å². The zero-order valence-corrected chi connectivity index (χ0v) is 10.0. The molecule has 0 bridgehead atoms. The summed E-state index contributed by atoms with van der Waals surface area (Å²) in [6, 6.07) is 4.76. The van der Waals surface area contributed by atoms with E-state index >= 15 is 0 Å². The molecule has 16 heavy (non-hydrogen) atoms. The highest BCUT2D eigenvalue weighted by atomic mass is 19.1. The van der Waals surface area contributed by atoms with E-state index in [1.54, 1.807) is 6.07 Å². The maximum Gasteiger partial charge on any atom is 0.165 e. The van der Waals surface area contributed by atoms with Crippen molar-refractivity contribution in [3.05, 3.63) is 29.6 Å². The Morgan fingerprint density at radius 3 is 2.69 bits per heavy atom. The molecule has 1 rings (SSSR count). The van der Waals surface area contributed by atoms with Crippen LogP contribution in [0, 0.1) is 5.82 Å². The first-order chi connectivity index (χ1) is 7.65. The van der Waals surface area contributed by atoms with E-state index in [0.29, 0.717) is 12.4 Å². The van der Waals surface area contributed by atoms with Crippen molar-refractivity contribution in [2.75, 3.05) is 6.61 Å². The van der Waals surface area contributed by atoms with Gasteiger partial charge in [0, 0.05) is 6.04 Å². The molecule has 90 valence electrons. The molecule has 0 heterocycles. The topological polar surface area (TPSA) is 35.2 Å². The fraction of sp³-hybridized carbons (Fsp3) is 0.538. The van der Waals surface area contributed by atoms with Gasteiger partial charge in [-0.3, -0.25) is 0 Å². The van der Waals surface area contributed by atoms with E-state index in [1.807, 2.05) is 13.0 Å². The molecule has 1 aromatic rings. The van der Waals surface area contributed by atoms with E-state index in [2.05, 4.69) is 6.92 Å². The molecular weight excluding hydrogens is 205 g/mol. The maximum absolute atomic E-state index is 13.5. The average molecular weight is 225 g/mol. The SMILES string of the molecule is CCCCCOc1ccc([C@@H](C)N)cc1F. The van der Waals surface area contributed by atoms with Crippen LogP contribution in [0.3, 0.4) is 0 Å². The maximum atomic E-state index is 13.5. The Hall–Kier alpha value is -1.09. The third-order valence-electron chi connectivity index (χ3n) is 2.49. The molecule has 2 nitrogen and oxygen atoms in total. The molecule has 2 N–H and O–H groups in total. The molecule has 0 amide bonds. The molecule has 3 heteroatoms. The average Bonchev–Trinajstić information content (AvgIpc) is 2.26. The first-order valence-electron chi connectivity index (χ1n) is 5.83. The van der Waals surface area contributed by atoms with Crippen molar-refractivity contribution in [2.45, 2.75) is 39.2 Å². The third kappa shape index (κ3) is 3.81. The standard InChI is InChI=1S/C13H20FNO/c1-3-4-5-8-16-13-7-6-11(10(2)15)9-12(13)14/h6-7,9-10H,3-5,8,15H2,1-2H3/t10-/m1/s1. The summed E-state index contributed by atoms with van der Waals surface area (Å²) in [6.45, 7) is 4.52. The van der Waals surface area contributed by atoms with Crippen LogP contribution in [0.2, 0.25) is 0 Å². The van der Waals surface area contributed by atoms with Gasteiger partial charge in [-0.1, -0.05) is 25.8 Å². The minimum absolute atomic E-state index is 0.149. The van der Waals surface area contributed by atoms with E-state index in [4.69, 9.17) is 10.5 Å². The summed E-state index contributed by atoms with van der Waals surface area (Å²) in [6.07, 6.45) is 3.21.